The van der Waals surface area contributed by atoms with Crippen molar-refractivity contribution in [2.24, 2.45) is 11.7 Å². The molecule has 3 aromatic rings. The summed E-state index contributed by atoms with van der Waals surface area (Å²) in [5.74, 6) is -0.00980. The maximum atomic E-state index is 13.6. The van der Waals surface area contributed by atoms with Crippen molar-refractivity contribution < 1.29 is 9.53 Å². The van der Waals surface area contributed by atoms with Gasteiger partial charge in [0.1, 0.15) is 4.83 Å². The number of para-hydroxylation sites is 1. The number of benzene rings is 1. The number of aromatic nitrogens is 2. The number of carbonyl (C=O) groups is 1. The van der Waals surface area contributed by atoms with Crippen LogP contribution in [0.15, 0.2) is 40.3 Å². The van der Waals surface area contributed by atoms with E-state index in [-0.39, 0.29) is 17.4 Å². The third-order valence-electron chi connectivity index (χ3n) is 4.81. The van der Waals surface area contributed by atoms with Crippen molar-refractivity contribution in [3.05, 3.63) is 51.1 Å². The topological polar surface area (TPSA) is 87.2 Å². The highest BCUT2D eigenvalue weighted by molar-refractivity contribution is 7.99. The molecule has 1 aromatic carbocycles. The summed E-state index contributed by atoms with van der Waals surface area (Å²) < 4.78 is 7.55. The largest absolute Gasteiger partial charge is 0.372 e. The third-order valence-corrected chi connectivity index (χ3v) is 6.87. The monoisotopic (exact) mass is 415 g/mol. The van der Waals surface area contributed by atoms with E-state index >= 15 is 0 Å². The Morgan fingerprint density at radius 1 is 1.39 bits per heavy atom. The van der Waals surface area contributed by atoms with E-state index in [2.05, 4.69) is 13.8 Å². The molecule has 3 heterocycles. The number of thioether (sulfide) groups is 1. The predicted molar refractivity (Wildman–Crippen MR) is 112 cm³/mol. The van der Waals surface area contributed by atoms with Gasteiger partial charge >= 0.3 is 0 Å². The molecule has 1 atom stereocenters. The van der Waals surface area contributed by atoms with Gasteiger partial charge in [-0.1, -0.05) is 43.8 Å². The number of amides is 1. The van der Waals surface area contributed by atoms with Gasteiger partial charge in [0.25, 0.3) is 5.56 Å². The molecular weight excluding hydrogens is 394 g/mol. The first-order chi connectivity index (χ1) is 13.5. The van der Waals surface area contributed by atoms with Crippen molar-refractivity contribution in [3.8, 4) is 5.69 Å². The smallest absolute Gasteiger partial charge is 0.267 e. The van der Waals surface area contributed by atoms with E-state index in [1.807, 2.05) is 30.3 Å². The minimum atomic E-state index is -0.447. The van der Waals surface area contributed by atoms with E-state index in [4.69, 9.17) is 15.5 Å². The number of hydrogen-bond acceptors (Lipinski definition) is 6. The molecule has 2 N–H and O–H groups in total. The number of primary amides is 1. The van der Waals surface area contributed by atoms with Crippen molar-refractivity contribution in [2.45, 2.75) is 38.1 Å². The fourth-order valence-corrected chi connectivity index (χ4v) is 5.29. The van der Waals surface area contributed by atoms with Crippen LogP contribution in [0, 0.1) is 5.92 Å². The zero-order valence-corrected chi connectivity index (χ0v) is 17.3. The van der Waals surface area contributed by atoms with E-state index in [1.54, 1.807) is 4.57 Å². The van der Waals surface area contributed by atoms with Gasteiger partial charge in [0.05, 0.1) is 29.5 Å². The highest BCUT2D eigenvalue weighted by Crippen LogP contribution is 2.36. The summed E-state index contributed by atoms with van der Waals surface area (Å²) in [6, 6.07) is 9.37. The summed E-state index contributed by atoms with van der Waals surface area (Å²) >= 11 is 2.68. The van der Waals surface area contributed by atoms with Gasteiger partial charge in [-0.3, -0.25) is 14.2 Å². The van der Waals surface area contributed by atoms with Gasteiger partial charge in [-0.05, 0) is 23.6 Å². The van der Waals surface area contributed by atoms with Gasteiger partial charge < -0.3 is 10.5 Å². The lowest BCUT2D eigenvalue weighted by molar-refractivity contribution is -0.115. The molecule has 1 aliphatic heterocycles. The van der Waals surface area contributed by atoms with Gasteiger partial charge in [-0.15, -0.1) is 11.3 Å². The van der Waals surface area contributed by atoms with Crippen molar-refractivity contribution in [1.29, 1.82) is 0 Å². The number of nitrogens with zero attached hydrogens (tertiary/aromatic N) is 2. The zero-order valence-electron chi connectivity index (χ0n) is 15.7. The van der Waals surface area contributed by atoms with Crippen LogP contribution in [0.5, 0.6) is 0 Å². The molecule has 0 unspecified atom stereocenters. The van der Waals surface area contributed by atoms with Crippen LogP contribution in [0.1, 0.15) is 24.3 Å². The molecule has 0 aliphatic carbocycles. The second-order valence-corrected chi connectivity index (χ2v) is 9.13. The molecule has 8 heteroatoms. The van der Waals surface area contributed by atoms with Crippen molar-refractivity contribution >= 4 is 39.2 Å². The highest BCUT2D eigenvalue weighted by atomic mass is 32.2. The molecule has 146 valence electrons. The molecule has 0 radical (unpaired) electrons. The van der Waals surface area contributed by atoms with Crippen LogP contribution < -0.4 is 11.3 Å². The molecule has 0 spiro atoms. The van der Waals surface area contributed by atoms with Crippen LogP contribution >= 0.6 is 23.1 Å². The number of hydrogen-bond donors (Lipinski definition) is 1. The summed E-state index contributed by atoms with van der Waals surface area (Å²) in [4.78, 5) is 31.4. The first-order valence-corrected chi connectivity index (χ1v) is 10.9. The summed E-state index contributed by atoms with van der Waals surface area (Å²) in [7, 11) is 0. The fourth-order valence-electron chi connectivity index (χ4n) is 3.37. The Morgan fingerprint density at radius 2 is 2.14 bits per heavy atom. The van der Waals surface area contributed by atoms with E-state index < -0.39 is 5.91 Å². The second-order valence-electron chi connectivity index (χ2n) is 7.11. The molecule has 2 aromatic heterocycles. The Balaban J connectivity index is 1.93. The maximum absolute atomic E-state index is 13.6. The van der Waals surface area contributed by atoms with Crippen LogP contribution in [0.4, 0.5) is 0 Å². The normalized spacial score (nSPS) is 16.5. The highest BCUT2D eigenvalue weighted by Gasteiger charge is 2.28. The lowest BCUT2D eigenvalue weighted by atomic mass is 9.96. The summed E-state index contributed by atoms with van der Waals surface area (Å²) in [5.41, 5.74) is 6.99. The standard InChI is InChI=1S/C20H21N3O3S2/c1-11(2)14-8-13-15(9-26-14)28-18-17(13)19(25)23(12-6-4-3-5-7-12)20(22-18)27-10-16(21)24/h3-7,11,14H,8-10H2,1-2H3,(H2,21,24)/t14-/m0/s1. The number of ether oxygens (including phenoxy) is 1. The van der Waals surface area contributed by atoms with E-state index in [1.165, 1.54) is 23.1 Å². The average Bonchev–Trinajstić information content (AvgIpc) is 3.04. The van der Waals surface area contributed by atoms with Crippen molar-refractivity contribution in [3.63, 3.8) is 0 Å². The van der Waals surface area contributed by atoms with Crippen LogP contribution in [0.2, 0.25) is 0 Å². The second kappa shape index (κ2) is 7.69. The Hall–Kier alpha value is -2.16. The fraction of sp³-hybridized carbons (Fsp3) is 0.350. The molecule has 6 nitrogen and oxygen atoms in total. The minimum Gasteiger partial charge on any atom is -0.372 e. The number of nitrogens with two attached hydrogens (primary N) is 1. The third kappa shape index (κ3) is 3.47. The summed E-state index contributed by atoms with van der Waals surface area (Å²) in [6.07, 6.45) is 0.811. The zero-order chi connectivity index (χ0) is 19.8. The quantitative estimate of drug-likeness (QED) is 0.511. The van der Waals surface area contributed by atoms with Gasteiger partial charge in [0.15, 0.2) is 5.16 Å². The molecule has 0 saturated carbocycles. The Bertz CT molecular complexity index is 1090. The van der Waals surface area contributed by atoms with Gasteiger partial charge in [-0.25, -0.2) is 4.98 Å². The first-order valence-electron chi connectivity index (χ1n) is 9.11. The Morgan fingerprint density at radius 3 is 2.82 bits per heavy atom. The Kier molecular flexibility index (Phi) is 5.27. The van der Waals surface area contributed by atoms with Crippen LogP contribution in [0.3, 0.4) is 0 Å². The lowest BCUT2D eigenvalue weighted by Crippen LogP contribution is -2.28. The Labute approximate surface area is 170 Å². The SMILES string of the molecule is CC(C)[C@@H]1Cc2c(sc3nc(SCC(N)=O)n(-c4ccccc4)c(=O)c23)CO1. The molecule has 4 rings (SSSR count). The van der Waals surface area contributed by atoms with E-state index in [0.29, 0.717) is 34.3 Å². The number of rotatable bonds is 5. The van der Waals surface area contributed by atoms with Crippen LogP contribution in [-0.4, -0.2) is 27.3 Å². The van der Waals surface area contributed by atoms with Crippen LogP contribution in [-0.2, 0) is 22.6 Å². The molecule has 0 bridgehead atoms. The summed E-state index contributed by atoms with van der Waals surface area (Å²) in [5, 5.41) is 1.14. The number of fused-ring (bicyclic) bond motifs is 3. The van der Waals surface area contributed by atoms with Gasteiger partial charge in [-0.2, -0.15) is 0 Å². The minimum absolute atomic E-state index is 0.0639. The van der Waals surface area contributed by atoms with Crippen LogP contribution in [0.25, 0.3) is 15.9 Å². The number of carbonyl (C=O) groups excluding carboxylic acids is 1. The van der Waals surface area contributed by atoms with E-state index in [0.717, 1.165) is 16.1 Å². The van der Waals surface area contributed by atoms with Crippen molar-refractivity contribution in [2.75, 3.05) is 5.75 Å². The van der Waals surface area contributed by atoms with Gasteiger partial charge in [0, 0.05) is 11.3 Å². The summed E-state index contributed by atoms with van der Waals surface area (Å²) in [6.45, 7) is 4.76. The molecule has 28 heavy (non-hydrogen) atoms. The number of thiophene rings is 1. The lowest BCUT2D eigenvalue weighted by Gasteiger charge is -2.26. The first kappa shape index (κ1) is 19.2. The van der Waals surface area contributed by atoms with Crippen molar-refractivity contribution in [1.82, 2.24) is 9.55 Å². The molecule has 1 amide bonds. The molecular formula is C20H21N3O3S2. The molecule has 1 aliphatic rings. The molecule has 0 saturated heterocycles. The maximum Gasteiger partial charge on any atom is 0.267 e. The molecule has 0 fully saturated rings. The average molecular weight is 416 g/mol. The van der Waals surface area contributed by atoms with E-state index in [9.17, 15) is 9.59 Å². The van der Waals surface area contributed by atoms with Gasteiger partial charge in [0.2, 0.25) is 5.91 Å². The predicted octanol–water partition coefficient (Wildman–Crippen LogP) is 3.12.